The fourth-order valence-corrected chi connectivity index (χ4v) is 4.48. The van der Waals surface area contributed by atoms with Crippen molar-refractivity contribution >= 4 is 34.4 Å². The highest BCUT2D eigenvalue weighted by molar-refractivity contribution is 14.1. The molecule has 2 heterocycles. The number of aryl methyl sites for hydroxylation is 3. The van der Waals surface area contributed by atoms with Gasteiger partial charge in [0.1, 0.15) is 9.32 Å². The number of hydrogen-bond acceptors (Lipinski definition) is 4. The molecule has 0 bridgehead atoms. The first kappa shape index (κ1) is 17.8. The first-order valence-corrected chi connectivity index (χ1v) is 10.1. The van der Waals surface area contributed by atoms with Crippen LogP contribution in [0.15, 0.2) is 23.0 Å². The molecule has 1 N–H and O–H groups in total. The molecule has 1 aliphatic heterocycles. The summed E-state index contributed by atoms with van der Waals surface area (Å²) in [6, 6.07) is 6.13. The molecule has 4 nitrogen and oxygen atoms in total. The van der Waals surface area contributed by atoms with Crippen molar-refractivity contribution < 1.29 is 4.74 Å². The summed E-state index contributed by atoms with van der Waals surface area (Å²) < 4.78 is 6.82. The van der Waals surface area contributed by atoms with Gasteiger partial charge in [0.2, 0.25) is 0 Å². The Labute approximate surface area is 160 Å². The molecule has 24 heavy (non-hydrogen) atoms. The maximum Gasteiger partial charge on any atom is 0.265 e. The molecule has 2 aromatic rings. The highest BCUT2D eigenvalue weighted by atomic mass is 127. The van der Waals surface area contributed by atoms with Gasteiger partial charge < -0.3 is 9.72 Å². The molecule has 0 unspecified atom stereocenters. The normalized spacial score (nSPS) is 15.0. The second-order valence-corrected chi connectivity index (χ2v) is 8.37. The molecule has 128 valence electrons. The molecule has 1 aromatic heterocycles. The highest BCUT2D eigenvalue weighted by Gasteiger charge is 2.21. The van der Waals surface area contributed by atoms with Crippen LogP contribution in [0.2, 0.25) is 0 Å². The first-order chi connectivity index (χ1) is 11.4. The van der Waals surface area contributed by atoms with Gasteiger partial charge in [-0.05, 0) is 66.6 Å². The lowest BCUT2D eigenvalue weighted by molar-refractivity contribution is 0.339. The Hall–Kier alpha value is -0.990. The number of rotatable bonds is 4. The van der Waals surface area contributed by atoms with E-state index in [0.29, 0.717) is 9.32 Å². The Morgan fingerprint density at radius 1 is 1.25 bits per heavy atom. The van der Waals surface area contributed by atoms with Gasteiger partial charge in [-0.15, -0.1) is 11.8 Å². The monoisotopic (exact) mass is 456 g/mol. The molecule has 1 fully saturated rings. The van der Waals surface area contributed by atoms with E-state index in [-0.39, 0.29) is 5.56 Å². The number of nitrogens with zero attached hydrogens (tertiary/aromatic N) is 1. The molecular weight excluding hydrogens is 435 g/mol. The van der Waals surface area contributed by atoms with Gasteiger partial charge in [-0.1, -0.05) is 6.07 Å². The zero-order chi connectivity index (χ0) is 17.3. The fraction of sp³-hybridized carbons (Fsp3) is 0.389. The Bertz CT molecular complexity index is 793. The van der Waals surface area contributed by atoms with Crippen LogP contribution < -0.4 is 10.3 Å². The number of nitrogens with one attached hydrogen (secondary N) is 1. The third-order valence-corrected chi connectivity index (χ3v) is 6.05. The molecule has 0 spiro atoms. The minimum atomic E-state index is -0.0907. The molecular formula is C18H21IN2O2S. The summed E-state index contributed by atoms with van der Waals surface area (Å²) in [5.41, 5.74) is 4.17. The van der Waals surface area contributed by atoms with Crippen LogP contribution in [-0.2, 0) is 6.54 Å². The average molecular weight is 456 g/mol. The van der Waals surface area contributed by atoms with Crippen molar-refractivity contribution in [3.8, 4) is 11.5 Å². The maximum absolute atomic E-state index is 12.2. The lowest BCUT2D eigenvalue weighted by Gasteiger charge is -2.20. The minimum Gasteiger partial charge on any atom is -0.456 e. The highest BCUT2D eigenvalue weighted by Crippen LogP contribution is 2.32. The van der Waals surface area contributed by atoms with E-state index < -0.39 is 0 Å². The quantitative estimate of drug-likeness (QED) is 0.701. The summed E-state index contributed by atoms with van der Waals surface area (Å²) in [5, 5.41) is 0. The molecule has 0 aliphatic carbocycles. The van der Waals surface area contributed by atoms with E-state index >= 15 is 0 Å². The van der Waals surface area contributed by atoms with Gasteiger partial charge in [0.05, 0.1) is 0 Å². The lowest BCUT2D eigenvalue weighted by atomic mass is 10.1. The van der Waals surface area contributed by atoms with E-state index in [9.17, 15) is 4.79 Å². The SMILES string of the molecule is Cc1cc(C)cc(Oc2c(CN3CCSC3)c(C)[nH]c(=O)c2I)c1. The number of halogens is 1. The van der Waals surface area contributed by atoms with Crippen LogP contribution in [0, 0.1) is 24.3 Å². The number of pyridine rings is 1. The zero-order valence-corrected chi connectivity index (χ0v) is 17.1. The van der Waals surface area contributed by atoms with E-state index in [1.165, 1.54) is 0 Å². The van der Waals surface area contributed by atoms with Gasteiger partial charge in [-0.2, -0.15) is 0 Å². The minimum absolute atomic E-state index is 0.0907. The molecule has 0 saturated carbocycles. The molecule has 0 amide bonds. The summed E-state index contributed by atoms with van der Waals surface area (Å²) in [4.78, 5) is 17.6. The van der Waals surface area contributed by atoms with E-state index in [1.54, 1.807) is 0 Å². The smallest absolute Gasteiger partial charge is 0.265 e. The van der Waals surface area contributed by atoms with Crippen molar-refractivity contribution in [2.24, 2.45) is 0 Å². The van der Waals surface area contributed by atoms with Crippen molar-refractivity contribution in [3.63, 3.8) is 0 Å². The number of aromatic amines is 1. The van der Waals surface area contributed by atoms with Gasteiger partial charge >= 0.3 is 0 Å². The van der Waals surface area contributed by atoms with Gasteiger partial charge in [0, 0.05) is 36.0 Å². The second kappa shape index (κ2) is 7.49. The lowest BCUT2D eigenvalue weighted by Crippen LogP contribution is -2.23. The third-order valence-electron chi connectivity index (χ3n) is 4.05. The predicted molar refractivity (Wildman–Crippen MR) is 108 cm³/mol. The van der Waals surface area contributed by atoms with Crippen LogP contribution in [0.1, 0.15) is 22.4 Å². The molecule has 0 radical (unpaired) electrons. The molecule has 1 aliphatic rings. The van der Waals surface area contributed by atoms with Crippen LogP contribution in [-0.4, -0.2) is 28.1 Å². The first-order valence-electron chi connectivity index (χ1n) is 7.91. The molecule has 3 rings (SSSR count). The zero-order valence-electron chi connectivity index (χ0n) is 14.1. The Balaban J connectivity index is 2.02. The largest absolute Gasteiger partial charge is 0.456 e. The van der Waals surface area contributed by atoms with E-state index in [4.69, 9.17) is 4.74 Å². The molecule has 1 saturated heterocycles. The Kier molecular flexibility index (Phi) is 5.56. The number of ether oxygens (including phenoxy) is 1. The summed E-state index contributed by atoms with van der Waals surface area (Å²) in [7, 11) is 0. The van der Waals surface area contributed by atoms with Gasteiger partial charge in [-0.3, -0.25) is 9.69 Å². The van der Waals surface area contributed by atoms with Crippen molar-refractivity contribution in [2.45, 2.75) is 27.3 Å². The predicted octanol–water partition coefficient (Wildman–Crippen LogP) is 4.20. The Morgan fingerprint density at radius 3 is 2.58 bits per heavy atom. The van der Waals surface area contributed by atoms with Gasteiger partial charge in [-0.25, -0.2) is 0 Å². The number of thioether (sulfide) groups is 1. The summed E-state index contributed by atoms with van der Waals surface area (Å²) in [6.07, 6.45) is 0. The summed E-state index contributed by atoms with van der Waals surface area (Å²) in [5.74, 6) is 3.66. The standard InChI is InChI=1S/C18H21IN2O2S/c1-11-6-12(2)8-14(7-11)23-17-15(9-21-4-5-24-10-21)13(3)20-18(22)16(17)19/h6-8H,4-5,9-10H2,1-3H3,(H,20,22). The molecule has 1 aromatic carbocycles. The van der Waals surface area contributed by atoms with E-state index in [2.05, 4.69) is 52.4 Å². The van der Waals surface area contributed by atoms with Crippen molar-refractivity contribution in [1.82, 2.24) is 9.88 Å². The van der Waals surface area contributed by atoms with Crippen LogP contribution >= 0.6 is 34.4 Å². The third kappa shape index (κ3) is 3.97. The molecule has 0 atom stereocenters. The Morgan fingerprint density at radius 2 is 1.96 bits per heavy atom. The number of hydrogen-bond donors (Lipinski definition) is 1. The van der Waals surface area contributed by atoms with Crippen molar-refractivity contribution in [2.75, 3.05) is 18.2 Å². The van der Waals surface area contributed by atoms with Crippen molar-refractivity contribution in [3.05, 3.63) is 54.5 Å². The van der Waals surface area contributed by atoms with Crippen molar-refractivity contribution in [1.29, 1.82) is 0 Å². The molecule has 6 heteroatoms. The van der Waals surface area contributed by atoms with Gasteiger partial charge in [0.15, 0.2) is 5.75 Å². The van der Waals surface area contributed by atoms with Crippen LogP contribution in [0.5, 0.6) is 11.5 Å². The number of aromatic nitrogens is 1. The van der Waals surface area contributed by atoms with Crippen LogP contribution in [0.25, 0.3) is 0 Å². The summed E-state index contributed by atoms with van der Waals surface area (Å²) in [6.45, 7) is 7.92. The van der Waals surface area contributed by atoms with E-state index in [0.717, 1.165) is 52.9 Å². The van der Waals surface area contributed by atoms with Gasteiger partial charge in [0.25, 0.3) is 5.56 Å². The average Bonchev–Trinajstić information content (AvgIpc) is 3.00. The van der Waals surface area contributed by atoms with Crippen LogP contribution in [0.4, 0.5) is 0 Å². The van der Waals surface area contributed by atoms with Crippen LogP contribution in [0.3, 0.4) is 0 Å². The van der Waals surface area contributed by atoms with E-state index in [1.807, 2.05) is 30.8 Å². The second-order valence-electron chi connectivity index (χ2n) is 6.22. The topological polar surface area (TPSA) is 45.3 Å². The summed E-state index contributed by atoms with van der Waals surface area (Å²) >= 11 is 4.03. The number of H-pyrrole nitrogens is 1. The number of benzene rings is 1. The fourth-order valence-electron chi connectivity index (χ4n) is 2.91. The maximum atomic E-state index is 12.2.